The summed E-state index contributed by atoms with van der Waals surface area (Å²) in [6.07, 6.45) is 6.04. The van der Waals surface area contributed by atoms with Crippen molar-refractivity contribution in [3.05, 3.63) is 81.9 Å². The molecule has 1 N–H and O–H groups in total. The van der Waals surface area contributed by atoms with Gasteiger partial charge in [-0.05, 0) is 31.1 Å². The minimum atomic E-state index is -0.484. The second kappa shape index (κ2) is 11.1. The summed E-state index contributed by atoms with van der Waals surface area (Å²) < 4.78 is 5.79. The monoisotopic (exact) mass is 431 g/mol. The van der Waals surface area contributed by atoms with Crippen molar-refractivity contribution in [2.45, 2.75) is 33.1 Å². The lowest BCUT2D eigenvalue weighted by molar-refractivity contribution is -0.112. The lowest BCUT2D eigenvalue weighted by atomic mass is 10.1. The standard InChI is InChI=1S/C25H25N3O2S/c1-3-4-12-30-23-11-6-5-10-20(23)15-21(16-26)24(29)28-25-27-17-22(31-25)14-19-9-7-8-18(2)13-19/h5-11,13,15,17H,3-4,12,14H2,1-2H3,(H,27,28,29)/b21-15+. The van der Waals surface area contributed by atoms with E-state index in [0.717, 1.165) is 24.1 Å². The van der Waals surface area contributed by atoms with Crippen LogP contribution in [0.15, 0.2) is 60.3 Å². The SMILES string of the molecule is CCCCOc1ccccc1/C=C(\C#N)C(=O)Nc1ncc(Cc2cccc(C)c2)s1. The Balaban J connectivity index is 1.69. The normalized spacial score (nSPS) is 11.1. The molecule has 3 aromatic rings. The van der Waals surface area contributed by atoms with Gasteiger partial charge in [-0.3, -0.25) is 10.1 Å². The molecule has 6 heteroatoms. The predicted octanol–water partition coefficient (Wildman–Crippen LogP) is 5.77. The van der Waals surface area contributed by atoms with Crippen LogP contribution in [0.5, 0.6) is 5.75 Å². The van der Waals surface area contributed by atoms with Crippen LogP contribution in [0.4, 0.5) is 5.13 Å². The second-order valence-corrected chi connectivity index (χ2v) is 8.28. The van der Waals surface area contributed by atoms with Gasteiger partial charge in [0.15, 0.2) is 5.13 Å². The van der Waals surface area contributed by atoms with Crippen molar-refractivity contribution in [1.29, 1.82) is 5.26 Å². The van der Waals surface area contributed by atoms with Crippen LogP contribution < -0.4 is 10.1 Å². The molecule has 0 saturated carbocycles. The van der Waals surface area contributed by atoms with E-state index >= 15 is 0 Å². The molecule has 2 aromatic carbocycles. The number of benzene rings is 2. The molecule has 0 radical (unpaired) electrons. The number of unbranched alkanes of at least 4 members (excludes halogenated alkanes) is 1. The van der Waals surface area contributed by atoms with E-state index in [4.69, 9.17) is 4.74 Å². The number of aromatic nitrogens is 1. The van der Waals surface area contributed by atoms with Gasteiger partial charge in [0.2, 0.25) is 0 Å². The fourth-order valence-corrected chi connectivity index (χ4v) is 3.84. The van der Waals surface area contributed by atoms with Crippen LogP contribution in [0.1, 0.15) is 41.3 Å². The van der Waals surface area contributed by atoms with E-state index in [1.807, 2.05) is 36.4 Å². The van der Waals surface area contributed by atoms with E-state index in [-0.39, 0.29) is 5.57 Å². The molecule has 3 rings (SSSR count). The summed E-state index contributed by atoms with van der Waals surface area (Å²) in [4.78, 5) is 18.0. The molecular formula is C25H25N3O2S. The van der Waals surface area contributed by atoms with Gasteiger partial charge in [-0.15, -0.1) is 11.3 Å². The number of rotatable bonds is 9. The molecule has 0 saturated heterocycles. The summed E-state index contributed by atoms with van der Waals surface area (Å²) in [6, 6.07) is 17.7. The summed E-state index contributed by atoms with van der Waals surface area (Å²) in [5.41, 5.74) is 3.10. The van der Waals surface area contributed by atoms with Crippen LogP contribution >= 0.6 is 11.3 Å². The van der Waals surface area contributed by atoms with E-state index in [1.54, 1.807) is 12.3 Å². The second-order valence-electron chi connectivity index (χ2n) is 7.16. The van der Waals surface area contributed by atoms with Crippen molar-refractivity contribution in [3.63, 3.8) is 0 Å². The fourth-order valence-electron chi connectivity index (χ4n) is 3.00. The lowest BCUT2D eigenvalue weighted by Gasteiger charge is -2.09. The van der Waals surface area contributed by atoms with Crippen molar-refractivity contribution >= 4 is 28.5 Å². The minimum absolute atomic E-state index is 0.00183. The fraction of sp³-hybridized carbons (Fsp3) is 0.240. The van der Waals surface area contributed by atoms with Crippen LogP contribution in [0.25, 0.3) is 6.08 Å². The summed E-state index contributed by atoms with van der Waals surface area (Å²) in [6.45, 7) is 4.75. The molecule has 0 bridgehead atoms. The highest BCUT2D eigenvalue weighted by atomic mass is 32.1. The van der Waals surface area contributed by atoms with E-state index < -0.39 is 5.91 Å². The Hall–Kier alpha value is -3.43. The molecule has 158 valence electrons. The molecule has 0 aliphatic heterocycles. The van der Waals surface area contributed by atoms with Gasteiger partial charge in [0.25, 0.3) is 5.91 Å². The molecule has 0 atom stereocenters. The van der Waals surface area contributed by atoms with Crippen molar-refractivity contribution < 1.29 is 9.53 Å². The average molecular weight is 432 g/mol. The molecule has 0 spiro atoms. The van der Waals surface area contributed by atoms with Crippen LogP contribution in [0, 0.1) is 18.3 Å². The highest BCUT2D eigenvalue weighted by Gasteiger charge is 2.13. The maximum Gasteiger partial charge on any atom is 0.268 e. The molecule has 1 aromatic heterocycles. The van der Waals surface area contributed by atoms with E-state index in [0.29, 0.717) is 23.1 Å². The number of carbonyl (C=O) groups is 1. The largest absolute Gasteiger partial charge is 0.493 e. The molecule has 5 nitrogen and oxygen atoms in total. The number of aryl methyl sites for hydroxylation is 1. The molecular weight excluding hydrogens is 406 g/mol. The van der Waals surface area contributed by atoms with Crippen molar-refractivity contribution in [3.8, 4) is 11.8 Å². The first-order valence-electron chi connectivity index (χ1n) is 10.2. The molecule has 1 amide bonds. The zero-order valence-corrected chi connectivity index (χ0v) is 18.5. The Bertz CT molecular complexity index is 1110. The Morgan fingerprint density at radius 3 is 2.87 bits per heavy atom. The molecule has 31 heavy (non-hydrogen) atoms. The zero-order chi connectivity index (χ0) is 22.1. The van der Waals surface area contributed by atoms with Gasteiger partial charge in [0, 0.05) is 23.1 Å². The van der Waals surface area contributed by atoms with Crippen molar-refractivity contribution in [2.24, 2.45) is 0 Å². The number of nitriles is 1. The molecule has 0 fully saturated rings. The lowest BCUT2D eigenvalue weighted by Crippen LogP contribution is -2.13. The van der Waals surface area contributed by atoms with E-state index in [9.17, 15) is 10.1 Å². The minimum Gasteiger partial charge on any atom is -0.493 e. The van der Waals surface area contributed by atoms with Crippen LogP contribution in [0.2, 0.25) is 0 Å². The van der Waals surface area contributed by atoms with Gasteiger partial charge in [-0.25, -0.2) is 4.98 Å². The summed E-state index contributed by atoms with van der Waals surface area (Å²) in [5, 5.41) is 12.7. The van der Waals surface area contributed by atoms with Crippen molar-refractivity contribution in [1.82, 2.24) is 4.98 Å². The Morgan fingerprint density at radius 2 is 2.10 bits per heavy atom. The summed E-state index contributed by atoms with van der Waals surface area (Å²) in [5.74, 6) is 0.175. The predicted molar refractivity (Wildman–Crippen MR) is 125 cm³/mol. The van der Waals surface area contributed by atoms with Gasteiger partial charge in [0.1, 0.15) is 17.4 Å². The number of amides is 1. The van der Waals surface area contributed by atoms with Crippen LogP contribution in [-0.2, 0) is 11.2 Å². The van der Waals surface area contributed by atoms with E-state index in [1.165, 1.54) is 22.5 Å². The summed E-state index contributed by atoms with van der Waals surface area (Å²) in [7, 11) is 0. The maximum absolute atomic E-state index is 12.7. The number of thiazole rings is 1. The van der Waals surface area contributed by atoms with E-state index in [2.05, 4.69) is 42.3 Å². The average Bonchev–Trinajstić information content (AvgIpc) is 3.19. The number of nitrogens with zero attached hydrogens (tertiary/aromatic N) is 2. The van der Waals surface area contributed by atoms with Crippen molar-refractivity contribution in [2.75, 3.05) is 11.9 Å². The topological polar surface area (TPSA) is 75.0 Å². The highest BCUT2D eigenvalue weighted by molar-refractivity contribution is 7.15. The quantitative estimate of drug-likeness (QED) is 0.265. The molecule has 0 unspecified atom stereocenters. The third-order valence-electron chi connectivity index (χ3n) is 4.57. The number of hydrogen-bond donors (Lipinski definition) is 1. The Morgan fingerprint density at radius 1 is 1.26 bits per heavy atom. The molecule has 1 heterocycles. The summed E-state index contributed by atoms with van der Waals surface area (Å²) >= 11 is 1.41. The van der Waals surface area contributed by atoms with Crippen LogP contribution in [-0.4, -0.2) is 17.5 Å². The number of nitrogens with one attached hydrogen (secondary N) is 1. The number of anilines is 1. The third-order valence-corrected chi connectivity index (χ3v) is 5.49. The van der Waals surface area contributed by atoms with Gasteiger partial charge < -0.3 is 4.74 Å². The third kappa shape index (κ3) is 6.53. The molecule has 0 aliphatic rings. The van der Waals surface area contributed by atoms with Gasteiger partial charge >= 0.3 is 0 Å². The first-order valence-corrected chi connectivity index (χ1v) is 11.1. The number of ether oxygens (including phenoxy) is 1. The number of carbonyl (C=O) groups excluding carboxylic acids is 1. The van der Waals surface area contributed by atoms with Gasteiger partial charge in [0.05, 0.1) is 6.61 Å². The Kier molecular flexibility index (Phi) is 7.97. The highest BCUT2D eigenvalue weighted by Crippen LogP contribution is 2.24. The Labute approximate surface area is 187 Å². The zero-order valence-electron chi connectivity index (χ0n) is 17.7. The van der Waals surface area contributed by atoms with Crippen LogP contribution in [0.3, 0.4) is 0 Å². The smallest absolute Gasteiger partial charge is 0.268 e. The number of hydrogen-bond acceptors (Lipinski definition) is 5. The first kappa shape index (κ1) is 22.3. The van der Waals surface area contributed by atoms with Gasteiger partial charge in [-0.1, -0.05) is 61.4 Å². The molecule has 0 aliphatic carbocycles. The van der Waals surface area contributed by atoms with Gasteiger partial charge in [-0.2, -0.15) is 5.26 Å². The maximum atomic E-state index is 12.7. The number of para-hydroxylation sites is 1. The first-order chi connectivity index (χ1) is 15.1.